The molecule has 6 fully saturated rings. The molecule has 0 bridgehead atoms. The molecule has 6 aliphatic rings. The number of aliphatic hydroxyl groups is 2. The van der Waals surface area contributed by atoms with Crippen LogP contribution in [0.2, 0.25) is 0 Å². The molecule has 29 heavy (non-hydrogen) atoms. The SMILES string of the molecule is CC1C(=O)OC2C[C@@]34C5CC(C(C)(C)C)[C@]36C(OC(=O)C6O)O[C@@]4(C(=O)O5)[C@]21O. The standard InChI is InChI=1S/C20H24O9/c1-7-12(22)26-10-6-17-9-5-8(16(2,3)4)18(17)11(21)13(23)28-15(18)29-20(17,14(24)27-9)19(7,10)25/h7-11,15,21,25H,5-6H2,1-4H3/t7?,8?,9?,10?,11?,15?,17-,18+,19-,20-/m1/s1. The van der Waals surface area contributed by atoms with Crippen molar-refractivity contribution in [1.29, 1.82) is 0 Å². The Morgan fingerprint density at radius 1 is 1.03 bits per heavy atom. The van der Waals surface area contributed by atoms with Gasteiger partial charge in [-0.15, -0.1) is 0 Å². The maximum Gasteiger partial charge on any atom is 0.342 e. The van der Waals surface area contributed by atoms with Crippen molar-refractivity contribution in [1.82, 2.24) is 0 Å². The fourth-order valence-corrected chi connectivity index (χ4v) is 8.06. The van der Waals surface area contributed by atoms with Crippen LogP contribution in [0.1, 0.15) is 40.5 Å². The van der Waals surface area contributed by atoms with Gasteiger partial charge in [-0.2, -0.15) is 0 Å². The summed E-state index contributed by atoms with van der Waals surface area (Å²) < 4.78 is 22.9. The smallest absolute Gasteiger partial charge is 0.342 e. The van der Waals surface area contributed by atoms with E-state index in [1.54, 1.807) is 0 Å². The zero-order chi connectivity index (χ0) is 20.9. The quantitative estimate of drug-likeness (QED) is 0.408. The lowest BCUT2D eigenvalue weighted by Crippen LogP contribution is -2.66. The minimum atomic E-state index is -1.97. The highest BCUT2D eigenvalue weighted by Crippen LogP contribution is 2.84. The summed E-state index contributed by atoms with van der Waals surface area (Å²) >= 11 is 0. The number of rotatable bonds is 0. The predicted molar refractivity (Wildman–Crippen MR) is 90.6 cm³/mol. The normalized spacial score (nSPS) is 59.2. The van der Waals surface area contributed by atoms with Crippen molar-refractivity contribution in [3.8, 4) is 0 Å². The lowest BCUT2D eigenvalue weighted by molar-refractivity contribution is -0.238. The molecule has 2 N–H and O–H groups in total. The maximum absolute atomic E-state index is 13.3. The molecule has 0 aromatic rings. The zero-order valence-corrected chi connectivity index (χ0v) is 16.6. The van der Waals surface area contributed by atoms with Gasteiger partial charge in [0, 0.05) is 6.42 Å². The molecule has 0 aromatic carbocycles. The molecule has 6 unspecified atom stereocenters. The summed E-state index contributed by atoms with van der Waals surface area (Å²) in [5, 5.41) is 23.0. The Morgan fingerprint density at radius 3 is 2.38 bits per heavy atom. The van der Waals surface area contributed by atoms with E-state index in [9.17, 15) is 24.6 Å². The molecule has 4 heterocycles. The van der Waals surface area contributed by atoms with Crippen molar-refractivity contribution in [3.05, 3.63) is 0 Å². The van der Waals surface area contributed by atoms with E-state index in [0.717, 1.165) is 0 Å². The van der Waals surface area contributed by atoms with Gasteiger partial charge in [0.15, 0.2) is 11.7 Å². The van der Waals surface area contributed by atoms with Crippen LogP contribution in [0.25, 0.3) is 0 Å². The molecule has 2 spiro atoms. The first-order valence-electron chi connectivity index (χ1n) is 10.1. The monoisotopic (exact) mass is 408 g/mol. The van der Waals surface area contributed by atoms with Gasteiger partial charge in [0.2, 0.25) is 11.9 Å². The molecule has 2 saturated carbocycles. The van der Waals surface area contributed by atoms with Crippen LogP contribution >= 0.6 is 0 Å². The first-order valence-corrected chi connectivity index (χ1v) is 10.1. The number of hydrogen-bond donors (Lipinski definition) is 2. The Balaban J connectivity index is 1.68. The molecule has 0 radical (unpaired) electrons. The van der Waals surface area contributed by atoms with Crippen LogP contribution in [0.3, 0.4) is 0 Å². The fraction of sp³-hybridized carbons (Fsp3) is 0.850. The average Bonchev–Trinajstić information content (AvgIpc) is 3.31. The highest BCUT2D eigenvalue weighted by Gasteiger charge is 3.01. The molecule has 9 heteroatoms. The molecule has 6 rings (SSSR count). The van der Waals surface area contributed by atoms with E-state index in [1.165, 1.54) is 6.92 Å². The Bertz CT molecular complexity index is 893. The van der Waals surface area contributed by atoms with Gasteiger partial charge in [0.05, 0.1) is 16.7 Å². The van der Waals surface area contributed by atoms with Gasteiger partial charge in [-0.1, -0.05) is 20.8 Å². The summed E-state index contributed by atoms with van der Waals surface area (Å²) in [4.78, 5) is 38.1. The van der Waals surface area contributed by atoms with Crippen LogP contribution < -0.4 is 0 Å². The van der Waals surface area contributed by atoms with Crippen molar-refractivity contribution < 1.29 is 43.5 Å². The Morgan fingerprint density at radius 2 is 1.72 bits per heavy atom. The van der Waals surface area contributed by atoms with Gasteiger partial charge < -0.3 is 29.2 Å². The van der Waals surface area contributed by atoms with E-state index in [2.05, 4.69) is 0 Å². The highest BCUT2D eigenvalue weighted by molar-refractivity contribution is 5.93. The Labute approximate surface area is 166 Å². The molecule has 4 saturated heterocycles. The van der Waals surface area contributed by atoms with Gasteiger partial charge in [0.25, 0.3) is 0 Å². The highest BCUT2D eigenvalue weighted by atomic mass is 16.8. The molecule has 158 valence electrons. The number of ether oxygens (including phenoxy) is 4. The van der Waals surface area contributed by atoms with E-state index >= 15 is 0 Å². The van der Waals surface area contributed by atoms with Crippen LogP contribution in [0.15, 0.2) is 0 Å². The summed E-state index contributed by atoms with van der Waals surface area (Å²) in [6, 6.07) is 0. The third-order valence-electron chi connectivity index (χ3n) is 8.97. The number of carbonyl (C=O) groups excluding carboxylic acids is 3. The van der Waals surface area contributed by atoms with Crippen LogP contribution in [-0.4, -0.2) is 63.9 Å². The molecule has 10 atom stereocenters. The zero-order valence-electron chi connectivity index (χ0n) is 16.6. The Kier molecular flexibility index (Phi) is 2.79. The lowest BCUT2D eigenvalue weighted by Gasteiger charge is -2.46. The number of fused-ring (bicyclic) bond motifs is 1. The first-order chi connectivity index (χ1) is 13.4. The maximum atomic E-state index is 13.3. The van der Waals surface area contributed by atoms with Crippen LogP contribution in [0.4, 0.5) is 0 Å². The molecule has 0 amide bonds. The van der Waals surface area contributed by atoms with Gasteiger partial charge in [-0.25, -0.2) is 9.59 Å². The molecular formula is C20H24O9. The number of aliphatic hydroxyl groups excluding tert-OH is 1. The second-order valence-corrected chi connectivity index (χ2v) is 10.6. The number of hydrogen-bond acceptors (Lipinski definition) is 9. The van der Waals surface area contributed by atoms with Crippen molar-refractivity contribution in [2.24, 2.45) is 28.1 Å². The third kappa shape index (κ3) is 1.35. The largest absolute Gasteiger partial charge is 0.459 e. The Hall–Kier alpha value is -1.71. The fourth-order valence-electron chi connectivity index (χ4n) is 8.06. The van der Waals surface area contributed by atoms with Crippen LogP contribution in [0, 0.1) is 28.1 Å². The van der Waals surface area contributed by atoms with E-state index in [0.29, 0.717) is 6.42 Å². The van der Waals surface area contributed by atoms with Crippen molar-refractivity contribution in [2.75, 3.05) is 0 Å². The van der Waals surface area contributed by atoms with Crippen LogP contribution in [0.5, 0.6) is 0 Å². The van der Waals surface area contributed by atoms with E-state index in [4.69, 9.17) is 18.9 Å². The summed E-state index contributed by atoms with van der Waals surface area (Å²) in [6.45, 7) is 7.47. The molecule has 9 nitrogen and oxygen atoms in total. The van der Waals surface area contributed by atoms with E-state index < -0.39 is 70.5 Å². The van der Waals surface area contributed by atoms with Gasteiger partial charge in [0.1, 0.15) is 12.2 Å². The molecule has 2 aliphatic carbocycles. The summed E-state index contributed by atoms with van der Waals surface area (Å²) in [6.07, 6.45) is -3.96. The van der Waals surface area contributed by atoms with Crippen molar-refractivity contribution in [3.63, 3.8) is 0 Å². The van der Waals surface area contributed by atoms with Gasteiger partial charge >= 0.3 is 17.9 Å². The summed E-state index contributed by atoms with van der Waals surface area (Å²) in [5.41, 5.74) is -6.81. The predicted octanol–water partition coefficient (Wildman–Crippen LogP) is -0.340. The summed E-state index contributed by atoms with van der Waals surface area (Å²) in [7, 11) is 0. The topological polar surface area (TPSA) is 129 Å². The van der Waals surface area contributed by atoms with Gasteiger partial charge in [-0.3, -0.25) is 4.79 Å². The minimum Gasteiger partial charge on any atom is -0.459 e. The van der Waals surface area contributed by atoms with E-state index in [1.807, 2.05) is 20.8 Å². The van der Waals surface area contributed by atoms with Crippen molar-refractivity contribution >= 4 is 17.9 Å². The lowest BCUT2D eigenvalue weighted by atomic mass is 9.51. The second kappa shape index (κ2) is 4.48. The van der Waals surface area contributed by atoms with Crippen molar-refractivity contribution in [2.45, 2.75) is 76.3 Å². The molecule has 4 aliphatic heterocycles. The van der Waals surface area contributed by atoms with Crippen LogP contribution in [-0.2, 0) is 33.3 Å². The summed E-state index contributed by atoms with van der Waals surface area (Å²) in [5.74, 6) is -3.52. The second-order valence-electron chi connectivity index (χ2n) is 10.6. The van der Waals surface area contributed by atoms with Gasteiger partial charge in [-0.05, 0) is 24.7 Å². The first kappa shape index (κ1) is 18.1. The molecule has 0 aromatic heterocycles. The third-order valence-corrected chi connectivity index (χ3v) is 8.97. The van der Waals surface area contributed by atoms with E-state index in [-0.39, 0.29) is 17.8 Å². The molecular weight excluding hydrogens is 384 g/mol. The number of carbonyl (C=O) groups is 3. The minimum absolute atomic E-state index is 0.0623. The number of esters is 3. The average molecular weight is 408 g/mol.